The third-order valence-corrected chi connectivity index (χ3v) is 3.82. The predicted octanol–water partition coefficient (Wildman–Crippen LogP) is 2.98. The number of H-pyrrole nitrogens is 1. The number of aromatic nitrogens is 2. The second-order valence-electron chi connectivity index (χ2n) is 4.69. The van der Waals surface area contributed by atoms with Crippen LogP contribution in [0.25, 0.3) is 16.7 Å². The average molecular weight is 303 g/mol. The molecule has 1 aromatic heterocycles. The summed E-state index contributed by atoms with van der Waals surface area (Å²) in [5, 5.41) is 9.57. The number of imidazole rings is 1. The molecule has 0 aliphatic carbocycles. The van der Waals surface area contributed by atoms with Gasteiger partial charge < -0.3 is 10.1 Å². The number of carboxylic acid groups (broad SMARTS) is 1. The van der Waals surface area contributed by atoms with Crippen LogP contribution in [0.1, 0.15) is 15.9 Å². The van der Waals surface area contributed by atoms with Gasteiger partial charge in [0.15, 0.2) is 0 Å². The summed E-state index contributed by atoms with van der Waals surface area (Å²) in [7, 11) is 0. The quantitative estimate of drug-likeness (QED) is 0.764. The second kappa shape index (κ2) is 4.79. The molecule has 2 aromatic carbocycles. The molecule has 0 radical (unpaired) electrons. The molecule has 2 N–H and O–H groups in total. The lowest BCUT2D eigenvalue weighted by Crippen LogP contribution is -2.15. The van der Waals surface area contributed by atoms with Crippen LogP contribution in [0.3, 0.4) is 0 Å². The molecule has 0 amide bonds. The average Bonchev–Trinajstić information content (AvgIpc) is 2.77. The summed E-state index contributed by atoms with van der Waals surface area (Å²) in [6, 6.07) is 9.83. The van der Waals surface area contributed by atoms with E-state index in [0.717, 1.165) is 5.56 Å². The van der Waals surface area contributed by atoms with Crippen molar-refractivity contribution in [2.24, 2.45) is 0 Å². The summed E-state index contributed by atoms with van der Waals surface area (Å²) in [5.41, 5.74) is 2.32. The Labute approximate surface area is 124 Å². The first-order valence-electron chi connectivity index (χ1n) is 6.22. The van der Waals surface area contributed by atoms with E-state index in [1.807, 2.05) is 6.92 Å². The molecular formula is C15H11ClN2O3. The van der Waals surface area contributed by atoms with Gasteiger partial charge in [-0.25, -0.2) is 9.59 Å². The van der Waals surface area contributed by atoms with Gasteiger partial charge >= 0.3 is 11.7 Å². The van der Waals surface area contributed by atoms with Crippen LogP contribution in [0.15, 0.2) is 41.2 Å². The minimum atomic E-state index is -1.04. The van der Waals surface area contributed by atoms with Gasteiger partial charge in [0.1, 0.15) is 0 Å². The van der Waals surface area contributed by atoms with E-state index < -0.39 is 5.97 Å². The zero-order valence-electron chi connectivity index (χ0n) is 11.1. The van der Waals surface area contributed by atoms with Crippen molar-refractivity contribution in [2.45, 2.75) is 6.92 Å². The lowest BCUT2D eigenvalue weighted by atomic mass is 10.1. The SMILES string of the molecule is Cc1c(Cl)cccc1-n1c(=O)[nH]c2cc(C(=O)O)ccc21. The molecule has 1 heterocycles. The third kappa shape index (κ3) is 2.11. The molecule has 0 atom stereocenters. The molecule has 0 aliphatic heterocycles. The number of carbonyl (C=O) groups is 1. The van der Waals surface area contributed by atoms with Crippen molar-refractivity contribution in [3.05, 3.63) is 63.0 Å². The number of benzene rings is 2. The summed E-state index contributed by atoms with van der Waals surface area (Å²) >= 11 is 6.10. The second-order valence-corrected chi connectivity index (χ2v) is 5.09. The maximum atomic E-state index is 12.2. The lowest BCUT2D eigenvalue weighted by molar-refractivity contribution is 0.0697. The Balaban J connectivity index is 2.33. The summed E-state index contributed by atoms with van der Waals surface area (Å²) in [4.78, 5) is 25.9. The Kier molecular flexibility index (Phi) is 3.07. The van der Waals surface area contributed by atoms with E-state index in [9.17, 15) is 9.59 Å². The summed E-state index contributed by atoms with van der Waals surface area (Å²) in [5.74, 6) is -1.04. The van der Waals surface area contributed by atoms with Gasteiger partial charge in [0.2, 0.25) is 0 Å². The predicted molar refractivity (Wildman–Crippen MR) is 80.6 cm³/mol. The number of fused-ring (bicyclic) bond motifs is 1. The zero-order valence-corrected chi connectivity index (χ0v) is 11.8. The van der Waals surface area contributed by atoms with Crippen molar-refractivity contribution >= 4 is 28.6 Å². The molecule has 0 aliphatic rings. The van der Waals surface area contributed by atoms with Gasteiger partial charge in [0, 0.05) is 5.02 Å². The summed E-state index contributed by atoms with van der Waals surface area (Å²) < 4.78 is 1.49. The highest BCUT2D eigenvalue weighted by molar-refractivity contribution is 6.31. The van der Waals surface area contributed by atoms with E-state index in [1.54, 1.807) is 24.3 Å². The normalized spacial score (nSPS) is 11.0. The van der Waals surface area contributed by atoms with Gasteiger partial charge in [-0.05, 0) is 42.8 Å². The van der Waals surface area contributed by atoms with Crippen LogP contribution in [0, 0.1) is 6.92 Å². The van der Waals surface area contributed by atoms with Crippen LogP contribution in [0.4, 0.5) is 0 Å². The molecule has 3 rings (SSSR count). The first-order chi connectivity index (χ1) is 9.99. The fourth-order valence-corrected chi connectivity index (χ4v) is 2.49. The molecule has 21 heavy (non-hydrogen) atoms. The lowest BCUT2D eigenvalue weighted by Gasteiger charge is -2.08. The standard InChI is InChI=1S/C15H11ClN2O3/c1-8-10(16)3-2-4-12(8)18-13-6-5-9(14(19)20)7-11(13)17-15(18)21/h2-7H,1H3,(H,17,21)(H,19,20). The van der Waals surface area contributed by atoms with E-state index in [-0.39, 0.29) is 11.3 Å². The fourth-order valence-electron chi connectivity index (χ4n) is 2.32. The number of nitrogens with one attached hydrogen (secondary N) is 1. The van der Waals surface area contributed by atoms with Crippen molar-refractivity contribution in [2.75, 3.05) is 0 Å². The summed E-state index contributed by atoms with van der Waals surface area (Å²) in [6.07, 6.45) is 0. The number of halogens is 1. The maximum Gasteiger partial charge on any atom is 0.335 e. The highest BCUT2D eigenvalue weighted by atomic mass is 35.5. The van der Waals surface area contributed by atoms with E-state index >= 15 is 0 Å². The largest absolute Gasteiger partial charge is 0.478 e. The Morgan fingerprint density at radius 2 is 2.05 bits per heavy atom. The molecular weight excluding hydrogens is 292 g/mol. The van der Waals surface area contributed by atoms with Crippen LogP contribution < -0.4 is 5.69 Å². The van der Waals surface area contributed by atoms with Crippen LogP contribution in [-0.2, 0) is 0 Å². The Morgan fingerprint density at radius 3 is 2.76 bits per heavy atom. The molecule has 6 heteroatoms. The molecule has 5 nitrogen and oxygen atoms in total. The van der Waals surface area contributed by atoms with Gasteiger partial charge in [-0.3, -0.25) is 4.57 Å². The first kappa shape index (κ1) is 13.5. The monoisotopic (exact) mass is 302 g/mol. The van der Waals surface area contributed by atoms with Gasteiger partial charge in [-0.2, -0.15) is 0 Å². The molecule has 106 valence electrons. The number of nitrogens with zero attached hydrogens (tertiary/aromatic N) is 1. The van der Waals surface area contributed by atoms with Crippen LogP contribution in [0.5, 0.6) is 0 Å². The third-order valence-electron chi connectivity index (χ3n) is 3.41. The maximum absolute atomic E-state index is 12.2. The molecule has 0 saturated carbocycles. The van der Waals surface area contributed by atoms with E-state index in [4.69, 9.17) is 16.7 Å². The molecule has 0 spiro atoms. The smallest absolute Gasteiger partial charge is 0.335 e. The number of rotatable bonds is 2. The molecule has 0 unspecified atom stereocenters. The Hall–Kier alpha value is -2.53. The van der Waals surface area contributed by atoms with Crippen LogP contribution in [-0.4, -0.2) is 20.6 Å². The molecule has 3 aromatic rings. The van der Waals surface area contributed by atoms with Gasteiger partial charge in [0.25, 0.3) is 0 Å². The molecule has 0 bridgehead atoms. The zero-order chi connectivity index (χ0) is 15.1. The fraction of sp³-hybridized carbons (Fsp3) is 0.0667. The summed E-state index contributed by atoms with van der Waals surface area (Å²) in [6.45, 7) is 1.83. The van der Waals surface area contributed by atoms with Gasteiger partial charge in [-0.15, -0.1) is 0 Å². The number of aromatic carboxylic acids is 1. The topological polar surface area (TPSA) is 75.1 Å². The van der Waals surface area contributed by atoms with Crippen molar-refractivity contribution in [1.29, 1.82) is 0 Å². The van der Waals surface area contributed by atoms with Crippen molar-refractivity contribution in [1.82, 2.24) is 9.55 Å². The number of hydrogen-bond acceptors (Lipinski definition) is 2. The highest BCUT2D eigenvalue weighted by Crippen LogP contribution is 2.24. The molecule has 0 fully saturated rings. The first-order valence-corrected chi connectivity index (χ1v) is 6.60. The minimum Gasteiger partial charge on any atom is -0.478 e. The van der Waals surface area contributed by atoms with Crippen molar-refractivity contribution in [3.8, 4) is 5.69 Å². The van der Waals surface area contributed by atoms with Crippen molar-refractivity contribution < 1.29 is 9.90 Å². The highest BCUT2D eigenvalue weighted by Gasteiger charge is 2.13. The molecule has 0 saturated heterocycles. The Bertz CT molecular complexity index is 924. The van der Waals surface area contributed by atoms with Crippen LogP contribution in [0.2, 0.25) is 5.02 Å². The van der Waals surface area contributed by atoms with Gasteiger partial charge in [-0.1, -0.05) is 17.7 Å². The minimum absolute atomic E-state index is 0.124. The van der Waals surface area contributed by atoms with E-state index in [2.05, 4.69) is 4.98 Å². The van der Waals surface area contributed by atoms with Gasteiger partial charge in [0.05, 0.1) is 22.3 Å². The van der Waals surface area contributed by atoms with Crippen LogP contribution >= 0.6 is 11.6 Å². The number of aromatic amines is 1. The Morgan fingerprint density at radius 1 is 1.29 bits per heavy atom. The number of carboxylic acids is 1. The van der Waals surface area contributed by atoms with E-state index in [1.165, 1.54) is 16.7 Å². The number of hydrogen-bond donors (Lipinski definition) is 2. The van der Waals surface area contributed by atoms with E-state index in [0.29, 0.717) is 21.7 Å². The van der Waals surface area contributed by atoms with Crippen molar-refractivity contribution in [3.63, 3.8) is 0 Å².